The van der Waals surface area contributed by atoms with Crippen LogP contribution in [0, 0.1) is 0 Å². The minimum absolute atomic E-state index is 0.0984. The molecule has 0 N–H and O–H groups in total. The predicted molar refractivity (Wildman–Crippen MR) is 83.4 cm³/mol. The van der Waals surface area contributed by atoms with Gasteiger partial charge in [-0.25, -0.2) is 4.79 Å². The fraction of sp³-hybridized carbons (Fsp3) is 0.412. The number of carbonyl (C=O) groups is 1. The molecule has 5 nitrogen and oxygen atoms in total. The Balaban J connectivity index is 1.95. The van der Waals surface area contributed by atoms with Gasteiger partial charge in [-0.1, -0.05) is 6.92 Å². The summed E-state index contributed by atoms with van der Waals surface area (Å²) in [5, 5.41) is 0.722. The largest absolute Gasteiger partial charge is 0.493 e. The van der Waals surface area contributed by atoms with E-state index in [1.165, 1.54) is 0 Å². The molecule has 1 aliphatic heterocycles. The third-order valence-corrected chi connectivity index (χ3v) is 3.99. The second-order valence-electron chi connectivity index (χ2n) is 5.63. The number of carbonyl (C=O) groups excluding carboxylic acids is 1. The second kappa shape index (κ2) is 5.83. The first kappa shape index (κ1) is 14.6. The number of rotatable bonds is 4. The second-order valence-corrected chi connectivity index (χ2v) is 5.63. The third-order valence-electron chi connectivity index (χ3n) is 3.99. The highest BCUT2D eigenvalue weighted by molar-refractivity contribution is 5.97. The lowest BCUT2D eigenvalue weighted by atomic mass is 10.0. The zero-order valence-corrected chi connectivity index (χ0v) is 12.8. The van der Waals surface area contributed by atoms with Crippen molar-refractivity contribution >= 4 is 16.9 Å². The van der Waals surface area contributed by atoms with Crippen molar-refractivity contribution in [2.75, 3.05) is 13.2 Å². The zero-order chi connectivity index (χ0) is 15.7. The highest BCUT2D eigenvalue weighted by Crippen LogP contribution is 2.23. The normalized spacial score (nSPS) is 17.4. The summed E-state index contributed by atoms with van der Waals surface area (Å²) in [7, 11) is 0. The van der Waals surface area contributed by atoms with Gasteiger partial charge in [0.25, 0.3) is 5.91 Å². The quantitative estimate of drug-likeness (QED) is 0.815. The number of benzene rings is 1. The van der Waals surface area contributed by atoms with Crippen LogP contribution in [0.3, 0.4) is 0 Å². The smallest absolute Gasteiger partial charge is 0.349 e. The van der Waals surface area contributed by atoms with E-state index in [4.69, 9.17) is 9.15 Å². The first-order valence-corrected chi connectivity index (χ1v) is 7.62. The molecule has 1 atom stereocenters. The van der Waals surface area contributed by atoms with Gasteiger partial charge in [-0.15, -0.1) is 0 Å². The minimum Gasteiger partial charge on any atom is -0.493 e. The molecule has 1 aliphatic rings. The van der Waals surface area contributed by atoms with Crippen LogP contribution in [0.15, 0.2) is 33.5 Å². The van der Waals surface area contributed by atoms with Crippen LogP contribution in [0.2, 0.25) is 0 Å². The predicted octanol–water partition coefficient (Wildman–Crippen LogP) is 2.82. The number of hydrogen-bond acceptors (Lipinski definition) is 4. The van der Waals surface area contributed by atoms with Crippen molar-refractivity contribution in [2.45, 2.75) is 32.7 Å². The van der Waals surface area contributed by atoms with Crippen molar-refractivity contribution in [3.05, 3.63) is 40.2 Å². The minimum atomic E-state index is -0.593. The van der Waals surface area contributed by atoms with Crippen LogP contribution >= 0.6 is 0 Å². The van der Waals surface area contributed by atoms with Crippen molar-refractivity contribution in [3.8, 4) is 5.75 Å². The van der Waals surface area contributed by atoms with E-state index in [9.17, 15) is 9.59 Å². The summed E-state index contributed by atoms with van der Waals surface area (Å²) < 4.78 is 10.8. The number of hydrogen-bond donors (Lipinski definition) is 0. The molecule has 1 unspecified atom stereocenters. The first-order valence-electron chi connectivity index (χ1n) is 7.62. The number of likely N-dealkylation sites (tertiary alicyclic amines) is 1. The average molecular weight is 301 g/mol. The van der Waals surface area contributed by atoms with E-state index < -0.39 is 5.63 Å². The number of ether oxygens (including phenoxy) is 1. The molecule has 0 spiro atoms. The van der Waals surface area contributed by atoms with Crippen molar-refractivity contribution in [3.63, 3.8) is 0 Å². The van der Waals surface area contributed by atoms with E-state index in [0.717, 1.165) is 18.2 Å². The van der Waals surface area contributed by atoms with Gasteiger partial charge in [0.1, 0.15) is 16.9 Å². The molecule has 1 fully saturated rings. The number of fused-ring (bicyclic) bond motifs is 1. The maximum atomic E-state index is 12.4. The van der Waals surface area contributed by atoms with Crippen LogP contribution < -0.4 is 10.4 Å². The van der Waals surface area contributed by atoms with E-state index in [1.807, 2.05) is 19.9 Å². The molecule has 0 saturated carbocycles. The van der Waals surface area contributed by atoms with Crippen LogP contribution in [-0.2, 0) is 0 Å². The number of amides is 1. The summed E-state index contributed by atoms with van der Waals surface area (Å²) in [6.07, 6.45) is 1.88. The lowest BCUT2D eigenvalue weighted by Gasteiger charge is -2.38. The molecule has 0 radical (unpaired) electrons. The lowest BCUT2D eigenvalue weighted by Crippen LogP contribution is -2.50. The Morgan fingerprint density at radius 2 is 2.23 bits per heavy atom. The molecular formula is C17H19NO4. The molecule has 2 heterocycles. The molecule has 0 bridgehead atoms. The van der Waals surface area contributed by atoms with Gasteiger partial charge in [0.05, 0.1) is 6.61 Å². The average Bonchev–Trinajstić information content (AvgIpc) is 2.50. The monoisotopic (exact) mass is 301 g/mol. The molecule has 1 amide bonds. The topological polar surface area (TPSA) is 59.8 Å². The summed E-state index contributed by atoms with van der Waals surface area (Å²) >= 11 is 0. The van der Waals surface area contributed by atoms with Crippen molar-refractivity contribution in [1.29, 1.82) is 0 Å². The van der Waals surface area contributed by atoms with Crippen LogP contribution in [0.5, 0.6) is 5.75 Å². The van der Waals surface area contributed by atoms with Crippen molar-refractivity contribution in [1.82, 2.24) is 4.90 Å². The third kappa shape index (κ3) is 2.58. The Hall–Kier alpha value is -2.30. The molecule has 1 aromatic heterocycles. The molecule has 116 valence electrons. The summed E-state index contributed by atoms with van der Waals surface area (Å²) in [4.78, 5) is 26.1. The van der Waals surface area contributed by atoms with E-state index in [-0.39, 0.29) is 17.5 Å². The van der Waals surface area contributed by atoms with E-state index >= 15 is 0 Å². The maximum absolute atomic E-state index is 12.4. The molecule has 5 heteroatoms. The van der Waals surface area contributed by atoms with Gasteiger partial charge in [-0.2, -0.15) is 0 Å². The van der Waals surface area contributed by atoms with Gasteiger partial charge >= 0.3 is 5.63 Å². The van der Waals surface area contributed by atoms with Crippen molar-refractivity contribution < 1.29 is 13.9 Å². The van der Waals surface area contributed by atoms with E-state index in [2.05, 4.69) is 0 Å². The summed E-state index contributed by atoms with van der Waals surface area (Å²) in [5.74, 6) is 0.411. The highest BCUT2D eigenvalue weighted by Gasteiger charge is 2.31. The van der Waals surface area contributed by atoms with Gasteiger partial charge in [0, 0.05) is 24.0 Å². The Kier molecular flexibility index (Phi) is 3.88. The van der Waals surface area contributed by atoms with Crippen LogP contribution in [0.4, 0.5) is 0 Å². The van der Waals surface area contributed by atoms with Crippen LogP contribution in [-0.4, -0.2) is 30.0 Å². The standard InChI is InChI=1S/C17H19NO4/c1-3-8-21-13-5-4-12-9-14(17(20)22-15(12)10-13)16(19)18-7-6-11(18)2/h4-5,9-11H,3,6-8H2,1-2H3. The fourth-order valence-corrected chi connectivity index (χ4v) is 2.52. The van der Waals surface area contributed by atoms with Crippen LogP contribution in [0.1, 0.15) is 37.0 Å². The summed E-state index contributed by atoms with van der Waals surface area (Å²) in [5.41, 5.74) is -0.0580. The Labute approximate surface area is 128 Å². The van der Waals surface area contributed by atoms with Crippen molar-refractivity contribution in [2.24, 2.45) is 0 Å². The van der Waals surface area contributed by atoms with Crippen LogP contribution in [0.25, 0.3) is 11.0 Å². The molecule has 2 aromatic rings. The van der Waals surface area contributed by atoms with E-state index in [0.29, 0.717) is 24.5 Å². The lowest BCUT2D eigenvalue weighted by molar-refractivity contribution is 0.0498. The molecule has 1 aromatic carbocycles. The SMILES string of the molecule is CCCOc1ccc2cc(C(=O)N3CCC3C)c(=O)oc2c1. The maximum Gasteiger partial charge on any atom is 0.349 e. The Morgan fingerprint density at radius 3 is 2.86 bits per heavy atom. The molecular weight excluding hydrogens is 282 g/mol. The molecule has 3 rings (SSSR count). The van der Waals surface area contributed by atoms with Gasteiger partial charge in [-0.3, -0.25) is 4.79 Å². The Bertz CT molecular complexity index is 765. The first-order chi connectivity index (χ1) is 10.6. The molecule has 0 aliphatic carbocycles. The molecule has 1 saturated heterocycles. The number of nitrogens with zero attached hydrogens (tertiary/aromatic N) is 1. The fourth-order valence-electron chi connectivity index (χ4n) is 2.52. The van der Waals surface area contributed by atoms with Gasteiger partial charge < -0.3 is 14.1 Å². The summed E-state index contributed by atoms with van der Waals surface area (Å²) in [6.45, 7) is 5.30. The van der Waals surface area contributed by atoms with Gasteiger partial charge in [-0.05, 0) is 38.0 Å². The van der Waals surface area contributed by atoms with E-state index in [1.54, 1.807) is 23.1 Å². The summed E-state index contributed by atoms with van der Waals surface area (Å²) in [6, 6.07) is 7.11. The zero-order valence-electron chi connectivity index (χ0n) is 12.8. The highest BCUT2D eigenvalue weighted by atomic mass is 16.5. The van der Waals surface area contributed by atoms with Gasteiger partial charge in [0.2, 0.25) is 0 Å². The Morgan fingerprint density at radius 1 is 1.41 bits per heavy atom. The molecule has 22 heavy (non-hydrogen) atoms. The van der Waals surface area contributed by atoms with Gasteiger partial charge in [0.15, 0.2) is 0 Å².